The lowest BCUT2D eigenvalue weighted by Crippen LogP contribution is -2.24. The Labute approximate surface area is 96.4 Å². The van der Waals surface area contributed by atoms with Crippen LogP contribution in [0.3, 0.4) is 0 Å². The van der Waals surface area contributed by atoms with E-state index in [4.69, 9.17) is 0 Å². The maximum absolute atomic E-state index is 13.3. The van der Waals surface area contributed by atoms with Gasteiger partial charge in [-0.15, -0.1) is 0 Å². The Bertz CT molecular complexity index is 438. The molecule has 1 rings (SSSR count). The molecule has 8 heteroatoms. The summed E-state index contributed by atoms with van der Waals surface area (Å²) in [6.07, 6.45) is 0.614. The number of urea groups is 1. The van der Waals surface area contributed by atoms with E-state index in [2.05, 4.69) is 26.8 Å². The van der Waals surface area contributed by atoms with E-state index in [1.54, 1.807) is 5.43 Å². The lowest BCUT2D eigenvalue weighted by atomic mass is 10.2. The minimum absolute atomic E-state index is 0.257. The number of nitrogens with zero attached hydrogens (tertiary/aromatic N) is 1. The van der Waals surface area contributed by atoms with Gasteiger partial charge in [0.2, 0.25) is 0 Å². The molecule has 0 unspecified atom stereocenters. The third-order valence-corrected chi connectivity index (χ3v) is 2.09. The summed E-state index contributed by atoms with van der Waals surface area (Å²) in [6.45, 7) is 0. The summed E-state index contributed by atoms with van der Waals surface area (Å²) in [7, 11) is 0. The van der Waals surface area contributed by atoms with E-state index in [0.717, 1.165) is 0 Å². The number of rotatable bonds is 2. The van der Waals surface area contributed by atoms with Crippen LogP contribution >= 0.6 is 15.9 Å². The van der Waals surface area contributed by atoms with Crippen LogP contribution in [0.1, 0.15) is 5.56 Å². The summed E-state index contributed by atoms with van der Waals surface area (Å²) >= 11 is 2.70. The molecule has 4 nitrogen and oxygen atoms in total. The molecule has 0 aliphatic carbocycles. The predicted molar refractivity (Wildman–Crippen MR) is 54.3 cm³/mol. The Morgan fingerprint density at radius 2 is 2.06 bits per heavy atom. The van der Waals surface area contributed by atoms with Crippen LogP contribution in [0.4, 0.5) is 18.0 Å². The summed E-state index contributed by atoms with van der Waals surface area (Å²) in [5.74, 6) is -3.68. The minimum Gasteiger partial charge on any atom is -0.350 e. The fourth-order valence-corrected chi connectivity index (χ4v) is 1.28. The molecule has 0 fully saturated rings. The Hall–Kier alpha value is -1.57. The van der Waals surface area contributed by atoms with E-state index in [0.29, 0.717) is 12.3 Å². The SMILES string of the molecule is NC(=O)NN=Cc1c(F)c(F)cc(Br)c1F. The van der Waals surface area contributed by atoms with Crippen LogP contribution in [0.5, 0.6) is 0 Å². The van der Waals surface area contributed by atoms with Crippen molar-refractivity contribution < 1.29 is 18.0 Å². The highest BCUT2D eigenvalue weighted by molar-refractivity contribution is 9.10. The Morgan fingerprint density at radius 1 is 1.44 bits per heavy atom. The fourth-order valence-electron chi connectivity index (χ4n) is 0.865. The molecule has 0 spiro atoms. The van der Waals surface area contributed by atoms with Gasteiger partial charge in [0.15, 0.2) is 11.6 Å². The van der Waals surface area contributed by atoms with E-state index in [1.807, 2.05) is 0 Å². The number of halogens is 4. The minimum atomic E-state index is -1.41. The summed E-state index contributed by atoms with van der Waals surface area (Å²) in [5, 5.41) is 3.13. The van der Waals surface area contributed by atoms with Gasteiger partial charge in [-0.3, -0.25) is 0 Å². The Balaban J connectivity index is 3.12. The quantitative estimate of drug-likeness (QED) is 0.488. The van der Waals surface area contributed by atoms with Crippen LogP contribution in [-0.2, 0) is 0 Å². The number of hydrogen-bond donors (Lipinski definition) is 2. The van der Waals surface area contributed by atoms with Gasteiger partial charge in [0.25, 0.3) is 0 Å². The molecule has 86 valence electrons. The molecule has 16 heavy (non-hydrogen) atoms. The van der Waals surface area contributed by atoms with E-state index >= 15 is 0 Å². The van der Waals surface area contributed by atoms with Gasteiger partial charge >= 0.3 is 6.03 Å². The van der Waals surface area contributed by atoms with Gasteiger partial charge in [0.1, 0.15) is 5.82 Å². The molecular weight excluding hydrogens is 291 g/mol. The van der Waals surface area contributed by atoms with Crippen molar-refractivity contribution in [3.8, 4) is 0 Å². The molecule has 0 saturated carbocycles. The van der Waals surface area contributed by atoms with Gasteiger partial charge in [0.05, 0.1) is 16.3 Å². The molecule has 0 atom stereocenters. The van der Waals surface area contributed by atoms with Crippen molar-refractivity contribution in [3.05, 3.63) is 33.6 Å². The normalized spacial score (nSPS) is 10.8. The number of carbonyl (C=O) groups excluding carboxylic acids is 1. The molecule has 0 aromatic heterocycles. The van der Waals surface area contributed by atoms with E-state index in [-0.39, 0.29) is 4.47 Å². The number of carbonyl (C=O) groups is 1. The molecule has 0 saturated heterocycles. The molecule has 0 radical (unpaired) electrons. The first kappa shape index (κ1) is 12.5. The zero-order valence-electron chi connectivity index (χ0n) is 7.60. The lowest BCUT2D eigenvalue weighted by molar-refractivity contribution is 0.249. The van der Waals surface area contributed by atoms with Crippen molar-refractivity contribution in [2.75, 3.05) is 0 Å². The Morgan fingerprint density at radius 3 is 2.62 bits per heavy atom. The van der Waals surface area contributed by atoms with Crippen LogP contribution in [-0.4, -0.2) is 12.2 Å². The van der Waals surface area contributed by atoms with Gasteiger partial charge < -0.3 is 5.73 Å². The zero-order valence-corrected chi connectivity index (χ0v) is 9.19. The molecule has 1 aromatic rings. The molecule has 3 N–H and O–H groups in total. The summed E-state index contributed by atoms with van der Waals surface area (Å²) in [5.41, 5.74) is 5.66. The average Bonchev–Trinajstić information content (AvgIpc) is 2.20. The fraction of sp³-hybridized carbons (Fsp3) is 0. The standard InChI is InChI=1S/C8H5BrF3N3O/c9-4-1-5(10)7(12)3(6(4)11)2-14-15-8(13)16/h1-2H,(H3,13,15,16). The number of nitrogens with two attached hydrogens (primary N) is 1. The second-order valence-corrected chi connectivity index (χ2v) is 3.47. The molecule has 0 aliphatic heterocycles. The highest BCUT2D eigenvalue weighted by atomic mass is 79.9. The van der Waals surface area contributed by atoms with Crippen LogP contribution in [0.2, 0.25) is 0 Å². The first-order valence-electron chi connectivity index (χ1n) is 3.85. The molecular formula is C8H5BrF3N3O. The van der Waals surface area contributed by atoms with Crippen molar-refractivity contribution in [1.29, 1.82) is 0 Å². The molecule has 0 aliphatic rings. The van der Waals surface area contributed by atoms with Crippen molar-refractivity contribution in [1.82, 2.24) is 5.43 Å². The van der Waals surface area contributed by atoms with E-state index in [9.17, 15) is 18.0 Å². The van der Waals surface area contributed by atoms with Crippen molar-refractivity contribution in [2.45, 2.75) is 0 Å². The van der Waals surface area contributed by atoms with Crippen LogP contribution < -0.4 is 11.2 Å². The number of primary amides is 1. The van der Waals surface area contributed by atoms with E-state index in [1.165, 1.54) is 0 Å². The first-order valence-corrected chi connectivity index (χ1v) is 4.64. The second-order valence-electron chi connectivity index (χ2n) is 2.62. The predicted octanol–water partition coefficient (Wildman–Crippen LogP) is 1.87. The van der Waals surface area contributed by atoms with Gasteiger partial charge in [-0.1, -0.05) is 0 Å². The van der Waals surface area contributed by atoms with Crippen LogP contribution in [0.25, 0.3) is 0 Å². The molecule has 0 bridgehead atoms. The summed E-state index contributed by atoms with van der Waals surface area (Å²) in [4.78, 5) is 10.2. The monoisotopic (exact) mass is 295 g/mol. The Kier molecular flexibility index (Phi) is 3.88. The van der Waals surface area contributed by atoms with Gasteiger partial charge in [-0.05, 0) is 22.0 Å². The number of nitrogens with one attached hydrogen (secondary N) is 1. The van der Waals surface area contributed by atoms with Crippen molar-refractivity contribution in [2.24, 2.45) is 10.8 Å². The van der Waals surface area contributed by atoms with E-state index < -0.39 is 29.0 Å². The largest absolute Gasteiger partial charge is 0.350 e. The maximum atomic E-state index is 13.3. The topological polar surface area (TPSA) is 67.5 Å². The van der Waals surface area contributed by atoms with Crippen LogP contribution in [0, 0.1) is 17.5 Å². The third kappa shape index (κ3) is 2.72. The third-order valence-electron chi connectivity index (χ3n) is 1.51. The van der Waals surface area contributed by atoms with Crippen molar-refractivity contribution in [3.63, 3.8) is 0 Å². The van der Waals surface area contributed by atoms with Crippen molar-refractivity contribution >= 4 is 28.2 Å². The first-order chi connectivity index (χ1) is 7.43. The lowest BCUT2D eigenvalue weighted by Gasteiger charge is -2.02. The number of hydrogen-bond acceptors (Lipinski definition) is 2. The van der Waals surface area contributed by atoms with Crippen LogP contribution in [0.15, 0.2) is 15.6 Å². The summed E-state index contributed by atoms with van der Waals surface area (Å²) < 4.78 is 39.0. The second kappa shape index (κ2) is 4.97. The highest BCUT2D eigenvalue weighted by Crippen LogP contribution is 2.22. The number of amides is 2. The number of hydrazone groups is 1. The van der Waals surface area contributed by atoms with Gasteiger partial charge in [0, 0.05) is 0 Å². The average molecular weight is 296 g/mol. The summed E-state index contributed by atoms with van der Waals surface area (Å²) in [6, 6.07) is -0.365. The maximum Gasteiger partial charge on any atom is 0.332 e. The highest BCUT2D eigenvalue weighted by Gasteiger charge is 2.15. The van der Waals surface area contributed by atoms with Gasteiger partial charge in [-0.25, -0.2) is 23.4 Å². The zero-order chi connectivity index (χ0) is 12.3. The molecule has 1 aromatic carbocycles. The molecule has 2 amide bonds. The molecule has 0 heterocycles. The van der Waals surface area contributed by atoms with Gasteiger partial charge in [-0.2, -0.15) is 5.10 Å². The number of benzene rings is 1. The smallest absolute Gasteiger partial charge is 0.332 e.